The normalized spacial score (nSPS) is 19.4. The maximum absolute atomic E-state index is 13.6. The number of nitrogens with zero attached hydrogens (tertiary/aromatic N) is 3. The van der Waals surface area contributed by atoms with Crippen molar-refractivity contribution >= 4 is 40.5 Å². The van der Waals surface area contributed by atoms with Gasteiger partial charge in [-0.2, -0.15) is 0 Å². The molecule has 1 aliphatic heterocycles. The van der Waals surface area contributed by atoms with E-state index in [1.54, 1.807) is 34.9 Å². The number of fused-ring (bicyclic) bond motifs is 1. The Morgan fingerprint density at radius 1 is 1.18 bits per heavy atom. The molecular weight excluding hydrogens is 474 g/mol. The highest BCUT2D eigenvalue weighted by atomic mass is 35.5. The number of aromatic nitrogens is 1. The second-order valence-electron chi connectivity index (χ2n) is 9.29. The third kappa shape index (κ3) is 3.93. The van der Waals surface area contributed by atoms with E-state index in [9.17, 15) is 19.7 Å². The minimum Gasteiger partial charge on any atom is -0.294 e. The van der Waals surface area contributed by atoms with Crippen molar-refractivity contribution in [3.8, 4) is 0 Å². The molecule has 2 aliphatic rings. The average Bonchev–Trinajstić information content (AvgIpc) is 3.07. The van der Waals surface area contributed by atoms with Crippen molar-refractivity contribution in [1.29, 1.82) is 0 Å². The van der Waals surface area contributed by atoms with Crippen LogP contribution in [0.3, 0.4) is 0 Å². The molecule has 34 heavy (non-hydrogen) atoms. The highest BCUT2D eigenvalue weighted by Crippen LogP contribution is 2.43. The van der Waals surface area contributed by atoms with Crippen LogP contribution in [-0.4, -0.2) is 15.3 Å². The molecule has 1 unspecified atom stereocenters. The standard InChI is InChI=1S/C25H20ClN3O4S/c1-25(2)12-18-21(19(30)13-25)22(15-6-8-16(26)9-7-15)28-23(31)20(34-24(28)27-18)11-14-4-3-5-17(10-14)29(32)33/h3-11,22H,12-13H2,1-2H3. The summed E-state index contributed by atoms with van der Waals surface area (Å²) in [6.07, 6.45) is 2.64. The van der Waals surface area contributed by atoms with Crippen molar-refractivity contribution < 1.29 is 9.72 Å². The molecule has 0 saturated heterocycles. The summed E-state index contributed by atoms with van der Waals surface area (Å²) >= 11 is 7.31. The second kappa shape index (κ2) is 8.14. The number of ketones is 1. The number of carbonyl (C=O) groups excluding carboxylic acids is 1. The van der Waals surface area contributed by atoms with Crippen molar-refractivity contribution in [1.82, 2.24) is 4.57 Å². The third-order valence-corrected chi connectivity index (χ3v) is 7.30. The van der Waals surface area contributed by atoms with Gasteiger partial charge < -0.3 is 0 Å². The molecule has 0 fully saturated rings. The fourth-order valence-electron chi connectivity index (χ4n) is 4.59. The number of allylic oxidation sites excluding steroid dienone is 2. The molecule has 2 heterocycles. The largest absolute Gasteiger partial charge is 0.294 e. The van der Waals surface area contributed by atoms with Crippen LogP contribution in [0.15, 0.2) is 69.6 Å². The molecule has 3 aromatic rings. The van der Waals surface area contributed by atoms with Crippen LogP contribution in [0.4, 0.5) is 5.69 Å². The van der Waals surface area contributed by atoms with Crippen molar-refractivity contribution in [2.24, 2.45) is 10.4 Å². The molecule has 0 spiro atoms. The molecule has 0 bridgehead atoms. The summed E-state index contributed by atoms with van der Waals surface area (Å²) in [5.74, 6) is -0.0112. The van der Waals surface area contributed by atoms with Gasteiger partial charge in [0.1, 0.15) is 0 Å². The quantitative estimate of drug-likeness (QED) is 0.404. The smallest absolute Gasteiger partial charge is 0.271 e. The number of hydrogen-bond acceptors (Lipinski definition) is 6. The van der Waals surface area contributed by atoms with Crippen LogP contribution >= 0.6 is 22.9 Å². The van der Waals surface area contributed by atoms with Gasteiger partial charge in [0.2, 0.25) is 0 Å². The van der Waals surface area contributed by atoms with E-state index in [0.717, 1.165) is 5.56 Å². The van der Waals surface area contributed by atoms with Gasteiger partial charge in [0.15, 0.2) is 10.6 Å². The number of benzene rings is 2. The first-order chi connectivity index (χ1) is 16.1. The van der Waals surface area contributed by atoms with Crippen LogP contribution in [0, 0.1) is 15.5 Å². The Morgan fingerprint density at radius 2 is 1.91 bits per heavy atom. The van der Waals surface area contributed by atoms with Crippen LogP contribution in [-0.2, 0) is 4.79 Å². The number of hydrogen-bond donors (Lipinski definition) is 0. The van der Waals surface area contributed by atoms with Crippen LogP contribution in [0.5, 0.6) is 0 Å². The molecule has 0 saturated carbocycles. The van der Waals surface area contributed by atoms with E-state index in [1.165, 1.54) is 23.5 Å². The lowest BCUT2D eigenvalue weighted by Gasteiger charge is -2.35. The topological polar surface area (TPSA) is 94.6 Å². The molecule has 0 amide bonds. The zero-order valence-electron chi connectivity index (χ0n) is 18.4. The number of non-ortho nitro benzene ring substituents is 1. The third-order valence-electron chi connectivity index (χ3n) is 6.06. The Kier molecular flexibility index (Phi) is 5.37. The highest BCUT2D eigenvalue weighted by molar-refractivity contribution is 7.07. The molecule has 172 valence electrons. The van der Waals surface area contributed by atoms with Crippen LogP contribution in [0.2, 0.25) is 5.02 Å². The summed E-state index contributed by atoms with van der Waals surface area (Å²) in [7, 11) is 0. The molecule has 1 aliphatic carbocycles. The minimum absolute atomic E-state index is 0.0112. The number of thiazole rings is 1. The monoisotopic (exact) mass is 493 g/mol. The van der Waals surface area contributed by atoms with Crippen molar-refractivity contribution in [3.05, 3.63) is 106 Å². The first-order valence-corrected chi connectivity index (χ1v) is 11.9. The van der Waals surface area contributed by atoms with Crippen molar-refractivity contribution in [3.63, 3.8) is 0 Å². The molecule has 7 nitrogen and oxygen atoms in total. The van der Waals surface area contributed by atoms with Crippen LogP contribution in [0.25, 0.3) is 6.08 Å². The summed E-state index contributed by atoms with van der Waals surface area (Å²) < 4.78 is 1.95. The molecule has 5 rings (SSSR count). The Balaban J connectivity index is 1.75. The van der Waals surface area contributed by atoms with Gasteiger partial charge in [0.25, 0.3) is 11.2 Å². The van der Waals surface area contributed by atoms with Gasteiger partial charge >= 0.3 is 0 Å². The van der Waals surface area contributed by atoms with Crippen molar-refractivity contribution in [2.75, 3.05) is 0 Å². The zero-order chi connectivity index (χ0) is 24.2. The lowest BCUT2D eigenvalue weighted by atomic mass is 9.73. The number of nitro groups is 1. The summed E-state index contributed by atoms with van der Waals surface area (Å²) in [6.45, 7) is 4.08. The molecule has 0 radical (unpaired) electrons. The Labute approximate surface area is 203 Å². The molecule has 1 atom stereocenters. The molecule has 0 N–H and O–H groups in total. The number of nitro benzene ring substituents is 1. The van der Waals surface area contributed by atoms with Crippen LogP contribution < -0.4 is 14.9 Å². The van der Waals surface area contributed by atoms with E-state index in [2.05, 4.69) is 0 Å². The van der Waals surface area contributed by atoms with Gasteiger partial charge in [0.05, 0.1) is 21.2 Å². The van der Waals surface area contributed by atoms with E-state index in [4.69, 9.17) is 16.6 Å². The van der Waals surface area contributed by atoms with E-state index < -0.39 is 11.0 Å². The first kappa shape index (κ1) is 22.4. The van der Waals surface area contributed by atoms with Crippen molar-refractivity contribution in [2.45, 2.75) is 32.7 Å². The SMILES string of the molecule is CC1(C)CC(=O)C2=C(C1)N=c1sc(=Cc3cccc([N+](=O)[O-])c3)c(=O)n1C2c1ccc(Cl)cc1. The lowest BCUT2D eigenvalue weighted by Crippen LogP contribution is -2.42. The summed E-state index contributed by atoms with van der Waals surface area (Å²) in [6, 6.07) is 12.7. The minimum atomic E-state index is -0.598. The Hall–Kier alpha value is -3.36. The number of Topliss-reactive ketones (excluding diaryl/α,β-unsaturated/α-hetero) is 1. The van der Waals surface area contributed by atoms with E-state index in [1.807, 2.05) is 26.0 Å². The molecule has 9 heteroatoms. The first-order valence-electron chi connectivity index (χ1n) is 10.7. The maximum Gasteiger partial charge on any atom is 0.271 e. The summed E-state index contributed by atoms with van der Waals surface area (Å²) in [5.41, 5.74) is 2.02. The lowest BCUT2D eigenvalue weighted by molar-refractivity contribution is -0.384. The van der Waals surface area contributed by atoms with E-state index in [0.29, 0.717) is 44.0 Å². The number of halogens is 1. The van der Waals surface area contributed by atoms with E-state index in [-0.39, 0.29) is 22.4 Å². The summed E-state index contributed by atoms with van der Waals surface area (Å²) in [4.78, 5) is 42.8. The van der Waals surface area contributed by atoms with Gasteiger partial charge in [-0.05, 0) is 41.2 Å². The average molecular weight is 494 g/mol. The number of rotatable bonds is 3. The van der Waals surface area contributed by atoms with Gasteiger partial charge in [-0.15, -0.1) is 0 Å². The predicted octanol–water partition coefficient (Wildman–Crippen LogP) is 4.17. The van der Waals surface area contributed by atoms with Crippen LogP contribution in [0.1, 0.15) is 43.9 Å². The zero-order valence-corrected chi connectivity index (χ0v) is 20.0. The molecular formula is C25H20ClN3O4S. The Morgan fingerprint density at radius 3 is 2.62 bits per heavy atom. The molecule has 1 aromatic heterocycles. The van der Waals surface area contributed by atoms with E-state index >= 15 is 0 Å². The fourth-order valence-corrected chi connectivity index (χ4v) is 5.73. The van der Waals surface area contributed by atoms with Gasteiger partial charge in [-0.1, -0.05) is 61.1 Å². The van der Waals surface area contributed by atoms with Gasteiger partial charge in [-0.3, -0.25) is 24.3 Å². The number of carbonyl (C=O) groups is 1. The second-order valence-corrected chi connectivity index (χ2v) is 10.7. The predicted molar refractivity (Wildman–Crippen MR) is 131 cm³/mol. The Bertz CT molecular complexity index is 1560. The van der Waals surface area contributed by atoms with Gasteiger partial charge in [0, 0.05) is 29.1 Å². The fraction of sp³-hybridized carbons (Fsp3) is 0.240. The summed E-state index contributed by atoms with van der Waals surface area (Å²) in [5, 5.41) is 11.7. The highest BCUT2D eigenvalue weighted by Gasteiger charge is 2.40. The maximum atomic E-state index is 13.6. The molecule has 2 aromatic carbocycles. The van der Waals surface area contributed by atoms with Gasteiger partial charge in [-0.25, -0.2) is 4.99 Å².